The Balaban J connectivity index is 2.66. The fourth-order valence-corrected chi connectivity index (χ4v) is 1.58. The first-order valence-corrected chi connectivity index (χ1v) is 5.97. The molecule has 1 aromatic rings. The monoisotopic (exact) mass is 280 g/mol. The molecule has 0 saturated carbocycles. The normalized spacial score (nSPS) is 11.4. The number of hydrogen-bond donors (Lipinski definition) is 4. The molecule has 7 heteroatoms. The summed E-state index contributed by atoms with van der Waals surface area (Å²) in [6, 6.07) is 5.50. The third kappa shape index (κ3) is 5.38. The quantitative estimate of drug-likeness (QED) is 0.599. The van der Waals surface area contributed by atoms with Gasteiger partial charge in [-0.15, -0.1) is 0 Å². The topological polar surface area (TPSA) is 116 Å². The molecule has 1 rings (SSSR count). The Labute approximate surface area is 115 Å². The summed E-state index contributed by atoms with van der Waals surface area (Å²) in [7, 11) is 0. The predicted octanol–water partition coefficient (Wildman–Crippen LogP) is 1.37. The van der Waals surface area contributed by atoms with Crippen molar-refractivity contribution in [1.29, 1.82) is 0 Å². The van der Waals surface area contributed by atoms with E-state index in [0.717, 1.165) is 0 Å². The highest BCUT2D eigenvalue weighted by Gasteiger charge is 2.18. The van der Waals surface area contributed by atoms with Crippen LogP contribution in [0.25, 0.3) is 0 Å². The third-order valence-corrected chi connectivity index (χ3v) is 2.49. The van der Waals surface area contributed by atoms with Crippen molar-refractivity contribution < 1.29 is 24.6 Å². The van der Waals surface area contributed by atoms with Gasteiger partial charge in [0, 0.05) is 24.7 Å². The summed E-state index contributed by atoms with van der Waals surface area (Å²) in [5.41, 5.74) is 1.14. The first kappa shape index (κ1) is 15.5. The molecule has 0 saturated heterocycles. The average molecular weight is 280 g/mol. The lowest BCUT2D eigenvalue weighted by atomic mass is 10.1. The van der Waals surface area contributed by atoms with E-state index >= 15 is 0 Å². The maximum absolute atomic E-state index is 11.0. The van der Waals surface area contributed by atoms with E-state index in [2.05, 4.69) is 10.6 Å². The lowest BCUT2D eigenvalue weighted by Gasteiger charge is -2.15. The van der Waals surface area contributed by atoms with Crippen molar-refractivity contribution in [3.8, 4) is 0 Å². The van der Waals surface area contributed by atoms with Crippen LogP contribution in [-0.4, -0.2) is 34.1 Å². The van der Waals surface area contributed by atoms with Gasteiger partial charge in [-0.05, 0) is 30.7 Å². The first-order valence-electron chi connectivity index (χ1n) is 5.97. The number of aliphatic carboxylic acids is 2. The summed E-state index contributed by atoms with van der Waals surface area (Å²) in [5, 5.41) is 22.9. The Morgan fingerprint density at radius 3 is 2.10 bits per heavy atom. The predicted molar refractivity (Wildman–Crippen MR) is 72.7 cm³/mol. The zero-order valence-electron chi connectivity index (χ0n) is 10.9. The summed E-state index contributed by atoms with van der Waals surface area (Å²) < 4.78 is 0. The second kappa shape index (κ2) is 7.13. The van der Waals surface area contributed by atoms with Gasteiger partial charge in [-0.3, -0.25) is 9.59 Å². The number of rotatable bonds is 7. The highest BCUT2D eigenvalue weighted by Crippen LogP contribution is 2.15. The number of anilines is 2. The molecular weight excluding hydrogens is 264 g/mol. The zero-order valence-corrected chi connectivity index (χ0v) is 10.9. The summed E-state index contributed by atoms with van der Waals surface area (Å²) >= 11 is 0. The lowest BCUT2D eigenvalue weighted by Crippen LogP contribution is -2.29. The van der Waals surface area contributed by atoms with Crippen LogP contribution in [0.2, 0.25) is 0 Å². The van der Waals surface area contributed by atoms with Gasteiger partial charge >= 0.3 is 11.9 Å². The van der Waals surface area contributed by atoms with Crippen LogP contribution in [0.1, 0.15) is 19.8 Å². The second-order valence-corrected chi connectivity index (χ2v) is 4.23. The molecule has 0 bridgehead atoms. The van der Waals surface area contributed by atoms with E-state index in [0.29, 0.717) is 11.4 Å². The van der Waals surface area contributed by atoms with E-state index in [-0.39, 0.29) is 18.7 Å². The summed E-state index contributed by atoms with van der Waals surface area (Å²) in [6.45, 7) is 1.39. The minimum Gasteiger partial charge on any atom is -0.481 e. The van der Waals surface area contributed by atoms with Crippen molar-refractivity contribution in [2.45, 2.75) is 25.8 Å². The van der Waals surface area contributed by atoms with Crippen LogP contribution in [-0.2, 0) is 14.4 Å². The summed E-state index contributed by atoms with van der Waals surface area (Å²) in [4.78, 5) is 32.3. The molecule has 0 spiro atoms. The van der Waals surface area contributed by atoms with Gasteiger partial charge in [0.25, 0.3) is 0 Å². The largest absolute Gasteiger partial charge is 0.481 e. The molecule has 0 aliphatic rings. The average Bonchev–Trinajstić information content (AvgIpc) is 2.35. The van der Waals surface area contributed by atoms with Crippen molar-refractivity contribution in [2.24, 2.45) is 0 Å². The minimum atomic E-state index is -1.11. The highest BCUT2D eigenvalue weighted by atomic mass is 16.4. The zero-order chi connectivity index (χ0) is 15.1. The van der Waals surface area contributed by atoms with Crippen molar-refractivity contribution in [3.05, 3.63) is 24.3 Å². The Morgan fingerprint density at radius 2 is 1.65 bits per heavy atom. The molecule has 0 radical (unpaired) electrons. The molecule has 1 aromatic carbocycles. The van der Waals surface area contributed by atoms with Crippen molar-refractivity contribution >= 4 is 29.2 Å². The Hall–Kier alpha value is -2.57. The molecule has 7 nitrogen and oxygen atoms in total. The van der Waals surface area contributed by atoms with E-state index in [1.54, 1.807) is 24.3 Å². The Morgan fingerprint density at radius 1 is 1.10 bits per heavy atom. The minimum absolute atomic E-state index is 0.0158. The number of carbonyl (C=O) groups is 3. The van der Waals surface area contributed by atoms with E-state index < -0.39 is 18.0 Å². The van der Waals surface area contributed by atoms with Gasteiger partial charge in [0.05, 0.1) is 0 Å². The van der Waals surface area contributed by atoms with Crippen LogP contribution in [0.15, 0.2) is 24.3 Å². The molecule has 108 valence electrons. The third-order valence-electron chi connectivity index (χ3n) is 2.49. The first-order chi connectivity index (χ1) is 9.38. The number of nitrogens with one attached hydrogen (secondary N) is 2. The molecule has 0 unspecified atom stereocenters. The van der Waals surface area contributed by atoms with Crippen molar-refractivity contribution in [1.82, 2.24) is 0 Å². The van der Waals surface area contributed by atoms with E-state index in [1.165, 1.54) is 6.92 Å². The lowest BCUT2D eigenvalue weighted by molar-refractivity contribution is -0.139. The number of amides is 1. The molecule has 0 heterocycles. The van der Waals surface area contributed by atoms with Gasteiger partial charge in [0.1, 0.15) is 6.04 Å². The maximum atomic E-state index is 11.0. The molecular formula is C13H16N2O5. The van der Waals surface area contributed by atoms with Gasteiger partial charge in [0.15, 0.2) is 0 Å². The molecule has 20 heavy (non-hydrogen) atoms. The highest BCUT2D eigenvalue weighted by molar-refractivity contribution is 5.88. The van der Waals surface area contributed by atoms with Crippen LogP contribution in [0.3, 0.4) is 0 Å². The smallest absolute Gasteiger partial charge is 0.326 e. The maximum Gasteiger partial charge on any atom is 0.326 e. The van der Waals surface area contributed by atoms with Gasteiger partial charge in [-0.25, -0.2) is 4.79 Å². The van der Waals surface area contributed by atoms with Crippen LogP contribution in [0.5, 0.6) is 0 Å². The Bertz CT molecular complexity index is 498. The SMILES string of the molecule is CC(=O)Nc1ccc(N[C@@H](CCC(=O)O)C(=O)O)cc1. The Kier molecular flexibility index (Phi) is 5.52. The van der Waals surface area contributed by atoms with E-state index in [9.17, 15) is 14.4 Å². The van der Waals surface area contributed by atoms with E-state index in [4.69, 9.17) is 10.2 Å². The van der Waals surface area contributed by atoms with E-state index in [1.807, 2.05) is 0 Å². The molecule has 4 N–H and O–H groups in total. The number of carboxylic acid groups (broad SMARTS) is 2. The van der Waals surface area contributed by atoms with Crippen LogP contribution in [0, 0.1) is 0 Å². The fourth-order valence-electron chi connectivity index (χ4n) is 1.58. The van der Waals surface area contributed by atoms with Gasteiger partial charge in [-0.1, -0.05) is 0 Å². The van der Waals surface area contributed by atoms with Crippen LogP contribution >= 0.6 is 0 Å². The van der Waals surface area contributed by atoms with Crippen molar-refractivity contribution in [2.75, 3.05) is 10.6 Å². The number of carbonyl (C=O) groups excluding carboxylic acids is 1. The second-order valence-electron chi connectivity index (χ2n) is 4.23. The summed E-state index contributed by atoms with van der Waals surface area (Å²) in [5.74, 6) is -2.35. The number of benzene rings is 1. The standard InChI is InChI=1S/C13H16N2O5/c1-8(16)14-9-2-4-10(5-3-9)15-11(13(19)20)6-7-12(17)18/h2-5,11,15H,6-7H2,1H3,(H,14,16)(H,17,18)(H,19,20)/t11-/m0/s1. The van der Waals surface area contributed by atoms with Gasteiger partial charge in [-0.2, -0.15) is 0 Å². The van der Waals surface area contributed by atoms with Crippen LogP contribution < -0.4 is 10.6 Å². The fraction of sp³-hybridized carbons (Fsp3) is 0.308. The van der Waals surface area contributed by atoms with Gasteiger partial charge < -0.3 is 20.8 Å². The molecule has 0 aromatic heterocycles. The number of carboxylic acids is 2. The van der Waals surface area contributed by atoms with Crippen molar-refractivity contribution in [3.63, 3.8) is 0 Å². The molecule has 0 aliphatic heterocycles. The molecule has 1 amide bonds. The molecule has 0 aliphatic carbocycles. The number of hydrogen-bond acceptors (Lipinski definition) is 4. The summed E-state index contributed by atoms with van der Waals surface area (Å²) in [6.07, 6.45) is -0.244. The molecule has 1 atom stereocenters. The molecule has 0 fully saturated rings. The van der Waals surface area contributed by atoms with Gasteiger partial charge in [0.2, 0.25) is 5.91 Å². The van der Waals surface area contributed by atoms with Crippen LogP contribution in [0.4, 0.5) is 11.4 Å².